The van der Waals surface area contributed by atoms with E-state index in [4.69, 9.17) is 15.2 Å². The van der Waals surface area contributed by atoms with E-state index >= 15 is 0 Å². The molecule has 164 valence electrons. The molecule has 0 radical (unpaired) electrons. The topological polar surface area (TPSA) is 106 Å². The molecule has 0 saturated heterocycles. The largest absolute Gasteiger partial charge is 0.394 e. The molecule has 1 unspecified atom stereocenters. The minimum absolute atomic E-state index is 0.125. The van der Waals surface area contributed by atoms with Crippen LogP contribution in [0, 0.1) is 5.92 Å². The van der Waals surface area contributed by atoms with Crippen LogP contribution in [0.4, 0.5) is 0 Å². The van der Waals surface area contributed by atoms with E-state index in [2.05, 4.69) is 33.1 Å². The van der Waals surface area contributed by atoms with E-state index in [1.165, 1.54) is 19.3 Å². The maximum Gasteiger partial charge on any atom is 0.0999 e. The standard InChI is InChI=1S/C20H23N7.C2H6O2/c1-3-17(8-14-4-5-14)26-12-16(10-23-26)20-19-6-7-21-27(19)13-18(24-20)15-9-22-25(2)11-15;3-1-2-4/h6-7,9-14,17H,3-5,8H2,1-2H3;3-4H,1-2H2. The van der Waals surface area contributed by atoms with Crippen LogP contribution in [0.2, 0.25) is 0 Å². The summed E-state index contributed by atoms with van der Waals surface area (Å²) in [7, 11) is 1.91. The fourth-order valence-electron chi connectivity index (χ4n) is 3.69. The van der Waals surface area contributed by atoms with E-state index < -0.39 is 0 Å². The average molecular weight is 424 g/mol. The van der Waals surface area contributed by atoms with Crippen molar-refractivity contribution in [2.45, 2.75) is 38.6 Å². The van der Waals surface area contributed by atoms with Gasteiger partial charge in [-0.15, -0.1) is 0 Å². The van der Waals surface area contributed by atoms with E-state index in [1.54, 1.807) is 10.9 Å². The Hall–Kier alpha value is -3.04. The summed E-state index contributed by atoms with van der Waals surface area (Å²) in [5.41, 5.74) is 4.75. The Kier molecular flexibility index (Phi) is 6.43. The molecule has 31 heavy (non-hydrogen) atoms. The predicted molar refractivity (Wildman–Crippen MR) is 117 cm³/mol. The number of aromatic nitrogens is 7. The molecule has 0 bridgehead atoms. The van der Waals surface area contributed by atoms with Gasteiger partial charge in [-0.05, 0) is 24.8 Å². The molecule has 1 saturated carbocycles. The summed E-state index contributed by atoms with van der Waals surface area (Å²) in [4.78, 5) is 4.93. The Morgan fingerprint density at radius 3 is 2.45 bits per heavy atom. The SMILES string of the molecule is CCC(CC1CC1)n1cc(-c2nc(-c3cnn(C)c3)cn3nccc23)cn1.OCCO. The van der Waals surface area contributed by atoms with Crippen LogP contribution < -0.4 is 0 Å². The van der Waals surface area contributed by atoms with E-state index in [9.17, 15) is 0 Å². The average Bonchev–Trinajstić information content (AvgIpc) is 3.17. The maximum atomic E-state index is 7.62. The molecule has 1 aliphatic carbocycles. The molecule has 9 nitrogen and oxygen atoms in total. The lowest BCUT2D eigenvalue weighted by Crippen LogP contribution is -2.09. The number of hydrogen-bond acceptors (Lipinski definition) is 6. The molecule has 1 fully saturated rings. The van der Waals surface area contributed by atoms with Crippen LogP contribution in [0.15, 0.2) is 43.2 Å². The minimum Gasteiger partial charge on any atom is -0.394 e. The second-order valence-electron chi connectivity index (χ2n) is 7.94. The van der Waals surface area contributed by atoms with Gasteiger partial charge in [0.2, 0.25) is 0 Å². The summed E-state index contributed by atoms with van der Waals surface area (Å²) in [6, 6.07) is 2.46. The number of nitrogens with zero attached hydrogens (tertiary/aromatic N) is 7. The second kappa shape index (κ2) is 9.40. The van der Waals surface area contributed by atoms with Gasteiger partial charge >= 0.3 is 0 Å². The smallest absolute Gasteiger partial charge is 0.0999 e. The van der Waals surface area contributed by atoms with Crippen LogP contribution in [-0.4, -0.2) is 57.6 Å². The highest BCUT2D eigenvalue weighted by molar-refractivity contribution is 5.78. The zero-order valence-corrected chi connectivity index (χ0v) is 18.0. The summed E-state index contributed by atoms with van der Waals surface area (Å²) in [5.74, 6) is 0.885. The first-order valence-corrected chi connectivity index (χ1v) is 10.7. The summed E-state index contributed by atoms with van der Waals surface area (Å²) >= 11 is 0. The lowest BCUT2D eigenvalue weighted by atomic mass is 10.1. The first kappa shape index (κ1) is 21.2. The van der Waals surface area contributed by atoms with Crippen molar-refractivity contribution in [1.82, 2.24) is 34.2 Å². The number of aryl methyl sites for hydroxylation is 1. The Bertz CT molecular complexity index is 1120. The van der Waals surface area contributed by atoms with Crippen molar-refractivity contribution in [2.24, 2.45) is 13.0 Å². The van der Waals surface area contributed by atoms with Gasteiger partial charge in [0.1, 0.15) is 0 Å². The van der Waals surface area contributed by atoms with Gasteiger partial charge in [-0.2, -0.15) is 15.3 Å². The Morgan fingerprint density at radius 2 is 1.81 bits per heavy atom. The molecule has 1 aliphatic rings. The third kappa shape index (κ3) is 4.83. The summed E-state index contributed by atoms with van der Waals surface area (Å²) in [6.07, 6.45) is 16.7. The van der Waals surface area contributed by atoms with E-state index in [-0.39, 0.29) is 13.2 Å². The zero-order chi connectivity index (χ0) is 21.8. The summed E-state index contributed by atoms with van der Waals surface area (Å²) in [6.45, 7) is 1.99. The van der Waals surface area contributed by atoms with Gasteiger partial charge in [0.25, 0.3) is 0 Å². The van der Waals surface area contributed by atoms with Crippen LogP contribution in [-0.2, 0) is 7.05 Å². The highest BCUT2D eigenvalue weighted by Gasteiger charge is 2.26. The first-order valence-electron chi connectivity index (χ1n) is 10.7. The van der Waals surface area contributed by atoms with E-state index in [0.29, 0.717) is 6.04 Å². The monoisotopic (exact) mass is 423 g/mol. The molecule has 0 aliphatic heterocycles. The van der Waals surface area contributed by atoms with Crippen molar-refractivity contribution < 1.29 is 10.2 Å². The minimum atomic E-state index is -0.125. The van der Waals surface area contributed by atoms with Crippen molar-refractivity contribution in [3.8, 4) is 22.5 Å². The van der Waals surface area contributed by atoms with E-state index in [1.807, 2.05) is 42.4 Å². The molecule has 4 aromatic rings. The van der Waals surface area contributed by atoms with Gasteiger partial charge in [-0.1, -0.05) is 19.8 Å². The maximum absolute atomic E-state index is 7.62. The third-order valence-electron chi connectivity index (χ3n) is 5.51. The molecule has 0 spiro atoms. The van der Waals surface area contributed by atoms with Crippen LogP contribution in [0.25, 0.3) is 28.0 Å². The number of aliphatic hydroxyl groups excluding tert-OH is 2. The van der Waals surface area contributed by atoms with Crippen molar-refractivity contribution >= 4 is 5.52 Å². The molecule has 9 heteroatoms. The van der Waals surface area contributed by atoms with Crippen molar-refractivity contribution in [3.63, 3.8) is 0 Å². The highest BCUT2D eigenvalue weighted by Crippen LogP contribution is 2.38. The zero-order valence-electron chi connectivity index (χ0n) is 18.0. The van der Waals surface area contributed by atoms with Crippen LogP contribution in [0.3, 0.4) is 0 Å². The van der Waals surface area contributed by atoms with Gasteiger partial charge in [0.15, 0.2) is 0 Å². The third-order valence-corrected chi connectivity index (χ3v) is 5.51. The van der Waals surface area contributed by atoms with Crippen LogP contribution in [0.1, 0.15) is 38.6 Å². The molecule has 0 aromatic carbocycles. The fourth-order valence-corrected chi connectivity index (χ4v) is 3.69. The Labute approximate surface area is 181 Å². The number of rotatable bonds is 7. The predicted octanol–water partition coefficient (Wildman–Crippen LogP) is 2.72. The van der Waals surface area contributed by atoms with Gasteiger partial charge < -0.3 is 10.2 Å². The Morgan fingerprint density at radius 1 is 1.03 bits per heavy atom. The molecular weight excluding hydrogens is 394 g/mol. The van der Waals surface area contributed by atoms with Crippen molar-refractivity contribution in [2.75, 3.05) is 13.2 Å². The molecule has 1 atom stereocenters. The van der Waals surface area contributed by atoms with Gasteiger partial charge in [0, 0.05) is 30.6 Å². The Balaban J connectivity index is 0.000000535. The molecule has 0 amide bonds. The van der Waals surface area contributed by atoms with Crippen LogP contribution >= 0.6 is 0 Å². The molecule has 2 N–H and O–H groups in total. The quantitative estimate of drug-likeness (QED) is 0.473. The van der Waals surface area contributed by atoms with Gasteiger partial charge in [-0.25, -0.2) is 9.50 Å². The lowest BCUT2D eigenvalue weighted by molar-refractivity contribution is 0.186. The molecule has 4 aromatic heterocycles. The second-order valence-corrected chi connectivity index (χ2v) is 7.94. The highest BCUT2D eigenvalue weighted by atomic mass is 16.3. The van der Waals surface area contributed by atoms with Gasteiger partial charge in [-0.3, -0.25) is 9.36 Å². The van der Waals surface area contributed by atoms with Crippen molar-refractivity contribution in [3.05, 3.63) is 43.2 Å². The fraction of sp³-hybridized carbons (Fsp3) is 0.455. The van der Waals surface area contributed by atoms with Crippen LogP contribution in [0.5, 0.6) is 0 Å². The normalized spacial score (nSPS) is 14.5. The molecule has 4 heterocycles. The molecule has 5 rings (SSSR count). The first-order chi connectivity index (χ1) is 15.1. The van der Waals surface area contributed by atoms with Gasteiger partial charge in [0.05, 0.1) is 60.9 Å². The lowest BCUT2D eigenvalue weighted by Gasteiger charge is -2.14. The number of fused-ring (bicyclic) bond motifs is 1. The molecular formula is C22H29N7O2. The number of hydrogen-bond donors (Lipinski definition) is 2. The van der Waals surface area contributed by atoms with Crippen molar-refractivity contribution in [1.29, 1.82) is 0 Å². The summed E-state index contributed by atoms with van der Waals surface area (Å²) in [5, 5.41) is 28.6. The summed E-state index contributed by atoms with van der Waals surface area (Å²) < 4.78 is 5.79. The van der Waals surface area contributed by atoms with E-state index in [0.717, 1.165) is 40.4 Å². The number of aliphatic hydroxyl groups is 2.